The van der Waals surface area contributed by atoms with Crippen molar-refractivity contribution in [3.63, 3.8) is 0 Å². The van der Waals surface area contributed by atoms with Crippen molar-refractivity contribution in [1.29, 1.82) is 0 Å². The van der Waals surface area contributed by atoms with E-state index in [2.05, 4.69) is 25.9 Å². The molecule has 1 aromatic rings. The van der Waals surface area contributed by atoms with Gasteiger partial charge in [-0.3, -0.25) is 14.4 Å². The summed E-state index contributed by atoms with van der Waals surface area (Å²) in [6.07, 6.45) is 6.53. The number of aromatic nitrogens is 2. The number of carbonyl (C=O) groups is 4. The quantitative estimate of drug-likeness (QED) is 0.187. The van der Waals surface area contributed by atoms with Gasteiger partial charge in [0.05, 0.1) is 12.4 Å². The predicted octanol–water partition coefficient (Wildman–Crippen LogP) is 0.664. The van der Waals surface area contributed by atoms with Crippen LogP contribution >= 0.6 is 11.8 Å². The van der Waals surface area contributed by atoms with Gasteiger partial charge in [-0.1, -0.05) is 40.5 Å². The third-order valence-electron chi connectivity index (χ3n) is 6.19. The van der Waals surface area contributed by atoms with Crippen LogP contribution in [0.15, 0.2) is 12.5 Å². The molecule has 0 aliphatic heterocycles. The van der Waals surface area contributed by atoms with E-state index in [0.29, 0.717) is 30.7 Å². The van der Waals surface area contributed by atoms with Crippen LogP contribution in [0, 0.1) is 11.8 Å². The van der Waals surface area contributed by atoms with E-state index in [1.165, 1.54) is 24.3 Å². The lowest BCUT2D eigenvalue weighted by Gasteiger charge is -2.27. The molecular weight excluding hydrogens is 472 g/mol. The zero-order valence-electron chi connectivity index (χ0n) is 21.2. The first-order valence-electron chi connectivity index (χ1n) is 11.9. The van der Waals surface area contributed by atoms with E-state index in [1.807, 2.05) is 27.0 Å². The Bertz CT molecular complexity index is 821. The lowest BCUT2D eigenvalue weighted by molar-refractivity contribution is -0.143. The van der Waals surface area contributed by atoms with Crippen LogP contribution in [0.5, 0.6) is 0 Å². The summed E-state index contributed by atoms with van der Waals surface area (Å²) in [5.74, 6) is -2.53. The summed E-state index contributed by atoms with van der Waals surface area (Å²) < 4.78 is 0. The van der Waals surface area contributed by atoms with Crippen LogP contribution in [-0.2, 0) is 25.6 Å². The number of nitrogens with two attached hydrogens (primary N) is 1. The molecular formula is C23H40N6O5S. The Morgan fingerprint density at radius 1 is 1.03 bits per heavy atom. The van der Waals surface area contributed by atoms with Gasteiger partial charge in [0.2, 0.25) is 17.7 Å². The predicted molar refractivity (Wildman–Crippen MR) is 136 cm³/mol. The fourth-order valence-corrected chi connectivity index (χ4v) is 3.79. The first kappa shape index (κ1) is 30.4. The van der Waals surface area contributed by atoms with Gasteiger partial charge in [-0.2, -0.15) is 11.8 Å². The number of carbonyl (C=O) groups excluding carboxylic acids is 3. The second-order valence-corrected chi connectivity index (χ2v) is 9.79. The van der Waals surface area contributed by atoms with E-state index in [4.69, 9.17) is 5.73 Å². The summed E-state index contributed by atoms with van der Waals surface area (Å²) in [7, 11) is 0. The minimum absolute atomic E-state index is 0.0633. The van der Waals surface area contributed by atoms with Gasteiger partial charge >= 0.3 is 5.97 Å². The van der Waals surface area contributed by atoms with Crippen molar-refractivity contribution in [3.8, 4) is 0 Å². The second kappa shape index (κ2) is 15.4. The summed E-state index contributed by atoms with van der Waals surface area (Å²) >= 11 is 1.52. The number of rotatable bonds is 16. The highest BCUT2D eigenvalue weighted by molar-refractivity contribution is 7.98. The maximum atomic E-state index is 13.2. The van der Waals surface area contributed by atoms with E-state index in [9.17, 15) is 24.3 Å². The number of H-pyrrole nitrogens is 1. The summed E-state index contributed by atoms with van der Waals surface area (Å²) in [4.78, 5) is 57.5. The number of carboxylic acid groups (broad SMARTS) is 1. The Kier molecular flexibility index (Phi) is 13.4. The van der Waals surface area contributed by atoms with Crippen molar-refractivity contribution >= 4 is 35.5 Å². The Morgan fingerprint density at radius 3 is 2.14 bits per heavy atom. The topological polar surface area (TPSA) is 179 Å². The molecule has 1 rings (SSSR count). The molecule has 7 N–H and O–H groups in total. The van der Waals surface area contributed by atoms with Crippen LogP contribution in [0.2, 0.25) is 0 Å². The van der Waals surface area contributed by atoms with Crippen molar-refractivity contribution in [2.75, 3.05) is 12.0 Å². The van der Waals surface area contributed by atoms with Gasteiger partial charge in [0.25, 0.3) is 0 Å². The summed E-state index contributed by atoms with van der Waals surface area (Å²) in [5.41, 5.74) is 6.62. The zero-order chi connectivity index (χ0) is 26.5. The molecule has 6 atom stereocenters. The van der Waals surface area contributed by atoms with Gasteiger partial charge < -0.3 is 31.8 Å². The molecule has 1 heterocycles. The van der Waals surface area contributed by atoms with Crippen LogP contribution in [0.1, 0.15) is 52.7 Å². The van der Waals surface area contributed by atoms with Gasteiger partial charge in [0, 0.05) is 18.3 Å². The number of imidazole rings is 1. The number of hydrogen-bond acceptors (Lipinski definition) is 7. The average molecular weight is 513 g/mol. The lowest BCUT2D eigenvalue weighted by atomic mass is 9.98. The van der Waals surface area contributed by atoms with Crippen LogP contribution < -0.4 is 21.7 Å². The first-order chi connectivity index (χ1) is 16.5. The number of carboxylic acids is 1. The Balaban J connectivity index is 3.08. The number of nitrogens with one attached hydrogen (secondary N) is 4. The lowest BCUT2D eigenvalue weighted by Crippen LogP contribution is -2.58. The van der Waals surface area contributed by atoms with E-state index < -0.39 is 47.9 Å². The normalized spacial score (nSPS) is 16.3. The van der Waals surface area contributed by atoms with Crippen molar-refractivity contribution in [3.05, 3.63) is 18.2 Å². The molecule has 0 aromatic carbocycles. The summed E-state index contributed by atoms with van der Waals surface area (Å²) in [6.45, 7) is 7.36. The monoisotopic (exact) mass is 512 g/mol. The molecule has 3 amide bonds. The maximum absolute atomic E-state index is 13.2. The second-order valence-electron chi connectivity index (χ2n) is 8.81. The fourth-order valence-electron chi connectivity index (χ4n) is 3.32. The van der Waals surface area contributed by atoms with Gasteiger partial charge in [0.1, 0.15) is 18.1 Å². The molecule has 11 nitrogen and oxygen atoms in total. The van der Waals surface area contributed by atoms with Crippen molar-refractivity contribution in [2.24, 2.45) is 17.6 Å². The zero-order valence-corrected chi connectivity index (χ0v) is 22.0. The van der Waals surface area contributed by atoms with Crippen molar-refractivity contribution < 1.29 is 24.3 Å². The number of thioether (sulfide) groups is 1. The molecule has 12 heteroatoms. The highest BCUT2D eigenvalue weighted by Gasteiger charge is 2.32. The summed E-state index contributed by atoms with van der Waals surface area (Å²) in [6, 6.07) is -3.84. The smallest absolute Gasteiger partial charge is 0.326 e. The van der Waals surface area contributed by atoms with E-state index in [0.717, 1.165) is 0 Å². The third-order valence-corrected chi connectivity index (χ3v) is 6.84. The minimum atomic E-state index is -1.15. The standard InChI is InChI=1S/C23H40N6O5S/c1-6-13(3)18(24)22(32)27-16(8-9-35-5)20(30)28-17(10-15-11-25-12-26-15)21(31)29-19(23(33)34)14(4)7-2/h11-14,16-19H,6-10,24H2,1-5H3,(H,25,26)(H,27,32)(H,28,30)(H,29,31)(H,33,34). The largest absolute Gasteiger partial charge is 0.480 e. The van der Waals surface area contributed by atoms with Gasteiger partial charge in [-0.15, -0.1) is 0 Å². The number of aliphatic carboxylic acids is 1. The molecule has 0 saturated heterocycles. The minimum Gasteiger partial charge on any atom is -0.480 e. The first-order valence-corrected chi connectivity index (χ1v) is 13.3. The number of aromatic amines is 1. The highest BCUT2D eigenvalue weighted by Crippen LogP contribution is 2.11. The molecule has 0 spiro atoms. The molecule has 0 radical (unpaired) electrons. The Morgan fingerprint density at radius 2 is 1.63 bits per heavy atom. The van der Waals surface area contributed by atoms with Gasteiger partial charge in [0.15, 0.2) is 0 Å². The highest BCUT2D eigenvalue weighted by atomic mass is 32.2. The number of nitrogens with zero attached hydrogens (tertiary/aromatic N) is 1. The van der Waals surface area contributed by atoms with E-state index in [-0.39, 0.29) is 18.3 Å². The molecule has 0 aliphatic carbocycles. The third kappa shape index (κ3) is 9.88. The Labute approximate surface area is 211 Å². The van der Waals surface area contributed by atoms with Crippen LogP contribution in [-0.4, -0.2) is 74.9 Å². The fraction of sp³-hybridized carbons (Fsp3) is 0.696. The van der Waals surface area contributed by atoms with Crippen molar-refractivity contribution in [1.82, 2.24) is 25.9 Å². The van der Waals surface area contributed by atoms with Gasteiger partial charge in [-0.05, 0) is 30.3 Å². The summed E-state index contributed by atoms with van der Waals surface area (Å²) in [5, 5.41) is 17.5. The molecule has 0 saturated carbocycles. The Hall–Kier alpha value is -2.60. The number of hydrogen-bond donors (Lipinski definition) is 6. The molecule has 0 bridgehead atoms. The van der Waals surface area contributed by atoms with E-state index in [1.54, 1.807) is 6.92 Å². The molecule has 198 valence electrons. The SMILES string of the molecule is CCC(C)C(N)C(=O)NC(CCSC)C(=O)NC(Cc1cnc[nH]1)C(=O)NC(C(=O)O)C(C)CC. The maximum Gasteiger partial charge on any atom is 0.326 e. The van der Waals surface area contributed by atoms with Crippen LogP contribution in [0.3, 0.4) is 0 Å². The average Bonchev–Trinajstić information content (AvgIpc) is 3.35. The van der Waals surface area contributed by atoms with Crippen LogP contribution in [0.4, 0.5) is 0 Å². The molecule has 0 fully saturated rings. The van der Waals surface area contributed by atoms with E-state index >= 15 is 0 Å². The molecule has 0 aliphatic rings. The van der Waals surface area contributed by atoms with Gasteiger partial charge in [-0.25, -0.2) is 9.78 Å². The van der Waals surface area contributed by atoms with Crippen LogP contribution in [0.25, 0.3) is 0 Å². The number of amides is 3. The molecule has 6 unspecified atom stereocenters. The van der Waals surface area contributed by atoms with Crippen molar-refractivity contribution in [2.45, 2.75) is 77.5 Å². The molecule has 1 aromatic heterocycles. The molecule has 35 heavy (non-hydrogen) atoms.